The predicted molar refractivity (Wildman–Crippen MR) is 109 cm³/mol. The third-order valence-corrected chi connectivity index (χ3v) is 4.79. The fourth-order valence-corrected chi connectivity index (χ4v) is 3.21. The summed E-state index contributed by atoms with van der Waals surface area (Å²) < 4.78 is 93.4. The number of hydrogen-bond donors (Lipinski definition) is 2. The molecule has 2 unspecified atom stereocenters. The van der Waals surface area contributed by atoms with Crippen molar-refractivity contribution >= 4 is 11.6 Å². The second-order valence-electron chi connectivity index (χ2n) is 7.22. The van der Waals surface area contributed by atoms with Gasteiger partial charge in [-0.3, -0.25) is 9.78 Å². The number of epoxide rings is 1. The average molecular weight is 499 g/mol. The van der Waals surface area contributed by atoms with Crippen LogP contribution in [-0.4, -0.2) is 23.5 Å². The first-order valence-corrected chi connectivity index (χ1v) is 9.84. The Labute approximate surface area is 193 Å². The molecule has 4 rings (SSSR count). The number of amides is 1. The van der Waals surface area contributed by atoms with Gasteiger partial charge in [0.15, 0.2) is 6.23 Å². The number of carbonyl (C=O) groups excluding carboxylic acids is 1. The molecular formula is C22H15F6N3O4. The highest BCUT2D eigenvalue weighted by Gasteiger charge is 2.45. The van der Waals surface area contributed by atoms with E-state index in [1.54, 1.807) is 0 Å². The molecule has 1 aliphatic heterocycles. The Morgan fingerprint density at radius 3 is 2.40 bits per heavy atom. The summed E-state index contributed by atoms with van der Waals surface area (Å²) in [5.74, 6) is -2.73. The highest BCUT2D eigenvalue weighted by molar-refractivity contribution is 5.91. The lowest BCUT2D eigenvalue weighted by atomic mass is 10.0. The van der Waals surface area contributed by atoms with Gasteiger partial charge in [-0.15, -0.1) is 13.2 Å². The number of benzene rings is 2. The topological polar surface area (TPSA) is 99.0 Å². The third-order valence-electron chi connectivity index (χ3n) is 4.79. The number of hydrogen-bond acceptors (Lipinski definition) is 6. The molecule has 1 aliphatic rings. The first-order valence-electron chi connectivity index (χ1n) is 9.84. The zero-order valence-corrected chi connectivity index (χ0v) is 17.4. The number of nitrogens with zero attached hydrogens (tertiary/aromatic N) is 1. The maximum atomic E-state index is 15.0. The molecule has 1 amide bonds. The molecule has 0 aliphatic carbocycles. The number of anilines is 1. The second kappa shape index (κ2) is 9.33. The smallest absolute Gasteiger partial charge is 0.457 e. The van der Waals surface area contributed by atoms with E-state index in [9.17, 15) is 26.7 Å². The zero-order chi connectivity index (χ0) is 25.3. The van der Waals surface area contributed by atoms with Gasteiger partial charge in [-0.05, 0) is 48.5 Å². The Morgan fingerprint density at radius 1 is 1.09 bits per heavy atom. The van der Waals surface area contributed by atoms with Gasteiger partial charge in [0.2, 0.25) is 0 Å². The molecule has 13 heteroatoms. The third kappa shape index (κ3) is 5.74. The maximum Gasteiger partial charge on any atom is 0.573 e. The van der Waals surface area contributed by atoms with E-state index >= 15 is 4.39 Å². The minimum atomic E-state index is -4.89. The lowest BCUT2D eigenvalue weighted by Crippen LogP contribution is -2.16. The van der Waals surface area contributed by atoms with E-state index in [1.165, 1.54) is 18.3 Å². The van der Waals surface area contributed by atoms with Crippen LogP contribution in [-0.2, 0) is 4.74 Å². The number of alkyl halides is 5. The Hall–Kier alpha value is -4.00. The minimum Gasteiger partial charge on any atom is -0.457 e. The Bertz CT molecular complexity index is 1240. The molecule has 2 heterocycles. The Kier molecular flexibility index (Phi) is 6.43. The number of nitrogens with one attached hydrogen (secondary N) is 1. The molecule has 1 saturated heterocycles. The van der Waals surface area contributed by atoms with E-state index in [4.69, 9.17) is 15.2 Å². The van der Waals surface area contributed by atoms with Crippen molar-refractivity contribution in [3.8, 4) is 17.2 Å². The number of rotatable bonds is 8. The second-order valence-corrected chi connectivity index (χ2v) is 7.22. The summed E-state index contributed by atoms with van der Waals surface area (Å²) in [5, 5.41) is 2.85. The van der Waals surface area contributed by atoms with Crippen molar-refractivity contribution in [2.45, 2.75) is 25.1 Å². The molecular weight excluding hydrogens is 484 g/mol. The standard InChI is InChI=1S/C22H15F6N3O4/c23-17-13(19(24)25)5-6-15(33-11-1-3-12(4-2-11)35-22(26,27)28)16(17)18-21(34-18)31-10-7-8-30-14(9-10)20(29)32/h1-9,18-19,21H,(H2,29,32)(H,30,31). The molecule has 1 fully saturated rings. The maximum absolute atomic E-state index is 15.0. The number of primary amides is 1. The van der Waals surface area contributed by atoms with Crippen LogP contribution in [0.4, 0.5) is 32.0 Å². The van der Waals surface area contributed by atoms with E-state index in [2.05, 4.69) is 15.0 Å². The fourth-order valence-electron chi connectivity index (χ4n) is 3.21. The number of pyridine rings is 1. The van der Waals surface area contributed by atoms with Gasteiger partial charge in [-0.1, -0.05) is 0 Å². The van der Waals surface area contributed by atoms with E-state index in [1.807, 2.05) is 0 Å². The monoisotopic (exact) mass is 499 g/mol. The molecule has 184 valence electrons. The molecule has 7 nitrogen and oxygen atoms in total. The summed E-state index contributed by atoms with van der Waals surface area (Å²) in [6, 6.07) is 8.98. The summed E-state index contributed by atoms with van der Waals surface area (Å²) in [7, 11) is 0. The largest absolute Gasteiger partial charge is 0.573 e. The van der Waals surface area contributed by atoms with Gasteiger partial charge in [-0.2, -0.15) is 0 Å². The minimum absolute atomic E-state index is 0.00429. The van der Waals surface area contributed by atoms with Crippen LogP contribution in [0.25, 0.3) is 0 Å². The quantitative estimate of drug-likeness (QED) is 0.316. The van der Waals surface area contributed by atoms with E-state index in [-0.39, 0.29) is 22.8 Å². The van der Waals surface area contributed by atoms with Crippen molar-refractivity contribution in [2.75, 3.05) is 5.32 Å². The van der Waals surface area contributed by atoms with Crippen molar-refractivity contribution in [3.05, 3.63) is 77.4 Å². The highest BCUT2D eigenvalue weighted by Crippen LogP contribution is 2.47. The number of nitrogens with two attached hydrogens (primary N) is 1. The summed E-state index contributed by atoms with van der Waals surface area (Å²) in [6.45, 7) is 0. The molecule has 2 atom stereocenters. The molecule has 0 bridgehead atoms. The molecule has 3 N–H and O–H groups in total. The number of carbonyl (C=O) groups is 1. The number of ether oxygens (including phenoxy) is 3. The van der Waals surface area contributed by atoms with Gasteiger partial charge >= 0.3 is 6.36 Å². The van der Waals surface area contributed by atoms with Crippen molar-refractivity contribution in [2.24, 2.45) is 5.73 Å². The molecule has 1 aromatic heterocycles. The van der Waals surface area contributed by atoms with Crippen LogP contribution in [0.15, 0.2) is 54.7 Å². The van der Waals surface area contributed by atoms with Gasteiger partial charge in [-0.25, -0.2) is 13.2 Å². The predicted octanol–water partition coefficient (Wildman–Crippen LogP) is 5.46. The van der Waals surface area contributed by atoms with Crippen LogP contribution in [0.3, 0.4) is 0 Å². The van der Waals surface area contributed by atoms with E-state index in [0.29, 0.717) is 5.69 Å². The first-order chi connectivity index (χ1) is 16.5. The van der Waals surface area contributed by atoms with Crippen molar-refractivity contribution in [1.29, 1.82) is 0 Å². The van der Waals surface area contributed by atoms with Crippen LogP contribution < -0.4 is 20.5 Å². The lowest BCUT2D eigenvalue weighted by Gasteiger charge is -2.14. The highest BCUT2D eigenvalue weighted by atomic mass is 19.4. The van der Waals surface area contributed by atoms with Crippen LogP contribution >= 0.6 is 0 Å². The van der Waals surface area contributed by atoms with Crippen LogP contribution in [0.5, 0.6) is 17.2 Å². The normalized spacial score (nSPS) is 17.2. The summed E-state index contributed by atoms with van der Waals surface area (Å²) >= 11 is 0. The molecule has 0 saturated carbocycles. The molecule has 2 aromatic carbocycles. The van der Waals surface area contributed by atoms with Crippen LogP contribution in [0, 0.1) is 5.82 Å². The van der Waals surface area contributed by atoms with Crippen molar-refractivity contribution in [1.82, 2.24) is 4.98 Å². The average Bonchev–Trinajstić information content (AvgIpc) is 3.52. The Morgan fingerprint density at radius 2 is 1.77 bits per heavy atom. The molecule has 0 spiro atoms. The van der Waals surface area contributed by atoms with Gasteiger partial charge < -0.3 is 25.3 Å². The van der Waals surface area contributed by atoms with Crippen LogP contribution in [0.1, 0.15) is 34.1 Å². The summed E-state index contributed by atoms with van der Waals surface area (Å²) in [5.41, 5.74) is 4.30. The molecule has 35 heavy (non-hydrogen) atoms. The summed E-state index contributed by atoms with van der Waals surface area (Å²) in [6.07, 6.45) is -8.63. The van der Waals surface area contributed by atoms with Gasteiger partial charge in [0.05, 0.1) is 11.1 Å². The fraction of sp³-hybridized carbons (Fsp3) is 0.182. The lowest BCUT2D eigenvalue weighted by molar-refractivity contribution is -0.274. The zero-order valence-electron chi connectivity index (χ0n) is 17.4. The molecule has 3 aromatic rings. The van der Waals surface area contributed by atoms with Crippen molar-refractivity contribution in [3.63, 3.8) is 0 Å². The van der Waals surface area contributed by atoms with Gasteiger partial charge in [0.25, 0.3) is 12.3 Å². The van der Waals surface area contributed by atoms with Gasteiger partial charge in [0, 0.05) is 11.9 Å². The Balaban J connectivity index is 1.58. The first kappa shape index (κ1) is 24.1. The molecule has 0 radical (unpaired) electrons. The number of halogens is 6. The summed E-state index contributed by atoms with van der Waals surface area (Å²) in [4.78, 5) is 15.1. The van der Waals surface area contributed by atoms with E-state index < -0.39 is 48.2 Å². The van der Waals surface area contributed by atoms with E-state index in [0.717, 1.165) is 36.4 Å². The number of aromatic nitrogens is 1. The van der Waals surface area contributed by atoms with Crippen LogP contribution in [0.2, 0.25) is 0 Å². The van der Waals surface area contributed by atoms with Gasteiger partial charge in [0.1, 0.15) is 34.9 Å². The SMILES string of the molecule is NC(=O)c1cc(NC2OC2c2c(Oc3ccc(OC(F)(F)F)cc3)ccc(C(F)F)c2F)ccn1. The van der Waals surface area contributed by atoms with Crippen molar-refractivity contribution < 1.29 is 45.3 Å².